The number of carbonyl (C=O) groups excluding carboxylic acids is 1. The van der Waals surface area contributed by atoms with Crippen LogP contribution in [0.4, 0.5) is 0 Å². The molecule has 0 amide bonds. The van der Waals surface area contributed by atoms with Gasteiger partial charge in [0.25, 0.3) is 0 Å². The van der Waals surface area contributed by atoms with Gasteiger partial charge in [-0.15, -0.1) is 0 Å². The number of halogens is 1. The molecule has 140 valence electrons. The Morgan fingerprint density at radius 1 is 1.04 bits per heavy atom. The third-order valence-electron chi connectivity index (χ3n) is 3.77. The molecule has 0 fully saturated rings. The predicted molar refractivity (Wildman–Crippen MR) is 99.5 cm³/mol. The lowest BCUT2D eigenvalue weighted by Crippen LogP contribution is -2.30. The molecule has 0 saturated heterocycles. The lowest BCUT2D eigenvalue weighted by atomic mass is 10.2. The maximum Gasteiger partial charge on any atom is 0.345 e. The maximum absolute atomic E-state index is 12.6. The standard InChI is InChI=1S/C18H20ClNO5S/c1-4-20(5-2)26(22,23)15-10-11-17(19)16(12-15)18(21)25-14-8-6-13(24-3)7-9-14/h6-12H,4-5H2,1-3H3. The van der Waals surface area contributed by atoms with Crippen molar-refractivity contribution in [2.45, 2.75) is 18.7 Å². The number of carbonyl (C=O) groups is 1. The minimum atomic E-state index is -3.71. The number of benzene rings is 2. The van der Waals surface area contributed by atoms with E-state index in [4.69, 9.17) is 21.1 Å². The first kappa shape index (κ1) is 20.2. The molecule has 6 nitrogen and oxygen atoms in total. The molecular weight excluding hydrogens is 378 g/mol. The van der Waals surface area contributed by atoms with E-state index in [1.165, 1.54) is 29.6 Å². The van der Waals surface area contributed by atoms with Crippen molar-refractivity contribution in [3.8, 4) is 11.5 Å². The van der Waals surface area contributed by atoms with Crippen molar-refractivity contribution >= 4 is 27.6 Å². The summed E-state index contributed by atoms with van der Waals surface area (Å²) in [5, 5.41) is 0.113. The number of hydrogen-bond acceptors (Lipinski definition) is 5. The van der Waals surface area contributed by atoms with Crippen LogP contribution in [0.5, 0.6) is 11.5 Å². The highest BCUT2D eigenvalue weighted by Crippen LogP contribution is 2.25. The summed E-state index contributed by atoms with van der Waals surface area (Å²) in [5.41, 5.74) is -0.0179. The van der Waals surface area contributed by atoms with Gasteiger partial charge in [0.1, 0.15) is 11.5 Å². The van der Waals surface area contributed by atoms with E-state index in [1.54, 1.807) is 38.1 Å². The smallest absolute Gasteiger partial charge is 0.345 e. The third-order valence-corrected chi connectivity index (χ3v) is 6.15. The molecule has 0 spiro atoms. The van der Waals surface area contributed by atoms with Gasteiger partial charge in [-0.1, -0.05) is 25.4 Å². The first-order valence-electron chi connectivity index (χ1n) is 7.99. The molecule has 26 heavy (non-hydrogen) atoms. The minimum Gasteiger partial charge on any atom is -0.497 e. The number of nitrogens with zero attached hydrogens (tertiary/aromatic N) is 1. The Morgan fingerprint density at radius 2 is 1.62 bits per heavy atom. The Kier molecular flexibility index (Phi) is 6.63. The summed E-state index contributed by atoms with van der Waals surface area (Å²) in [7, 11) is -2.18. The number of hydrogen-bond donors (Lipinski definition) is 0. The van der Waals surface area contributed by atoms with Gasteiger partial charge in [0.05, 0.1) is 22.6 Å². The molecule has 0 heterocycles. The highest BCUT2D eigenvalue weighted by molar-refractivity contribution is 7.89. The van der Waals surface area contributed by atoms with E-state index in [0.717, 1.165) is 0 Å². The topological polar surface area (TPSA) is 72.9 Å². The van der Waals surface area contributed by atoms with Gasteiger partial charge in [-0.2, -0.15) is 4.31 Å². The first-order chi connectivity index (χ1) is 12.3. The summed E-state index contributed by atoms with van der Waals surface area (Å²) in [4.78, 5) is 12.4. The van der Waals surface area contributed by atoms with Gasteiger partial charge in [-0.05, 0) is 42.5 Å². The van der Waals surface area contributed by atoms with Gasteiger partial charge in [0, 0.05) is 13.1 Å². The first-order valence-corrected chi connectivity index (χ1v) is 9.81. The molecule has 2 rings (SSSR count). The van der Waals surface area contributed by atoms with Crippen molar-refractivity contribution in [1.82, 2.24) is 4.31 Å². The zero-order valence-corrected chi connectivity index (χ0v) is 16.3. The maximum atomic E-state index is 12.6. The van der Waals surface area contributed by atoms with E-state index in [2.05, 4.69) is 0 Å². The largest absolute Gasteiger partial charge is 0.497 e. The van der Waals surface area contributed by atoms with Crippen molar-refractivity contribution in [3.05, 3.63) is 53.1 Å². The Morgan fingerprint density at radius 3 is 2.15 bits per heavy atom. The van der Waals surface area contributed by atoms with Crippen LogP contribution >= 0.6 is 11.6 Å². The van der Waals surface area contributed by atoms with E-state index in [1.807, 2.05) is 0 Å². The molecule has 2 aromatic carbocycles. The summed E-state index contributed by atoms with van der Waals surface area (Å²) in [5.74, 6) is 0.177. The van der Waals surface area contributed by atoms with E-state index in [0.29, 0.717) is 24.6 Å². The minimum absolute atomic E-state index is 0.00715. The lowest BCUT2D eigenvalue weighted by molar-refractivity contribution is 0.0734. The summed E-state index contributed by atoms with van der Waals surface area (Å²) >= 11 is 6.07. The summed E-state index contributed by atoms with van der Waals surface area (Å²) in [6, 6.07) is 10.4. The Balaban J connectivity index is 2.32. The molecule has 0 aliphatic rings. The summed E-state index contributed by atoms with van der Waals surface area (Å²) < 4.78 is 36.9. The molecule has 0 unspecified atom stereocenters. The Labute approximate surface area is 158 Å². The van der Waals surface area contributed by atoms with E-state index >= 15 is 0 Å². The van der Waals surface area contributed by atoms with Crippen LogP contribution in [0.15, 0.2) is 47.4 Å². The second-order valence-corrected chi connectivity index (χ2v) is 7.64. The van der Waals surface area contributed by atoms with Crippen molar-refractivity contribution < 1.29 is 22.7 Å². The van der Waals surface area contributed by atoms with Crippen LogP contribution in [-0.4, -0.2) is 38.9 Å². The van der Waals surface area contributed by atoms with Crippen molar-refractivity contribution in [2.24, 2.45) is 0 Å². The monoisotopic (exact) mass is 397 g/mol. The normalized spacial score (nSPS) is 11.4. The Bertz CT molecular complexity index is 877. The molecule has 0 saturated carbocycles. The molecular formula is C18H20ClNO5S. The van der Waals surface area contributed by atoms with E-state index < -0.39 is 16.0 Å². The van der Waals surface area contributed by atoms with Gasteiger partial charge in [0.15, 0.2) is 0 Å². The zero-order valence-electron chi connectivity index (χ0n) is 14.7. The predicted octanol–water partition coefficient (Wildman–Crippen LogP) is 3.60. The highest BCUT2D eigenvalue weighted by Gasteiger charge is 2.24. The fraction of sp³-hybridized carbons (Fsp3) is 0.278. The number of rotatable bonds is 7. The van der Waals surface area contributed by atoms with Crippen LogP contribution in [0, 0.1) is 0 Å². The summed E-state index contributed by atoms with van der Waals surface area (Å²) in [6.07, 6.45) is 0. The molecule has 0 aliphatic heterocycles. The van der Waals surface area contributed by atoms with Gasteiger partial charge in [-0.3, -0.25) is 0 Å². The van der Waals surface area contributed by atoms with Crippen LogP contribution in [0.2, 0.25) is 5.02 Å². The van der Waals surface area contributed by atoms with E-state index in [9.17, 15) is 13.2 Å². The number of esters is 1. The molecule has 8 heteroatoms. The van der Waals surface area contributed by atoms with Gasteiger partial charge in [0.2, 0.25) is 10.0 Å². The van der Waals surface area contributed by atoms with Crippen molar-refractivity contribution in [2.75, 3.05) is 20.2 Å². The second-order valence-electron chi connectivity index (χ2n) is 5.30. The van der Waals surface area contributed by atoms with Crippen LogP contribution in [-0.2, 0) is 10.0 Å². The van der Waals surface area contributed by atoms with Crippen LogP contribution < -0.4 is 9.47 Å². The third kappa shape index (κ3) is 4.35. The molecule has 2 aromatic rings. The number of sulfonamides is 1. The van der Waals surface area contributed by atoms with Gasteiger partial charge >= 0.3 is 5.97 Å². The SMILES string of the molecule is CCN(CC)S(=O)(=O)c1ccc(Cl)c(C(=O)Oc2ccc(OC)cc2)c1. The molecule has 0 radical (unpaired) electrons. The van der Waals surface area contributed by atoms with Crippen molar-refractivity contribution in [1.29, 1.82) is 0 Å². The molecule has 0 aliphatic carbocycles. The van der Waals surface area contributed by atoms with Crippen LogP contribution in [0.3, 0.4) is 0 Å². The zero-order chi connectivity index (χ0) is 19.3. The molecule has 0 N–H and O–H groups in total. The quantitative estimate of drug-likeness (QED) is 0.527. The average Bonchev–Trinajstić information content (AvgIpc) is 2.63. The van der Waals surface area contributed by atoms with Crippen molar-refractivity contribution in [3.63, 3.8) is 0 Å². The fourth-order valence-electron chi connectivity index (χ4n) is 2.34. The van der Waals surface area contributed by atoms with Crippen LogP contribution in [0.25, 0.3) is 0 Å². The Hall–Kier alpha value is -2.09. The van der Waals surface area contributed by atoms with Crippen LogP contribution in [0.1, 0.15) is 24.2 Å². The fourth-order valence-corrected chi connectivity index (χ4v) is 4.02. The molecule has 0 aromatic heterocycles. The second kappa shape index (κ2) is 8.53. The number of ether oxygens (including phenoxy) is 2. The summed E-state index contributed by atoms with van der Waals surface area (Å²) in [6.45, 7) is 4.14. The highest BCUT2D eigenvalue weighted by atomic mass is 35.5. The van der Waals surface area contributed by atoms with Gasteiger partial charge in [-0.25, -0.2) is 13.2 Å². The molecule has 0 atom stereocenters. The number of methoxy groups -OCH3 is 1. The molecule has 0 bridgehead atoms. The van der Waals surface area contributed by atoms with Gasteiger partial charge < -0.3 is 9.47 Å². The average molecular weight is 398 g/mol. The van der Waals surface area contributed by atoms with E-state index in [-0.39, 0.29) is 15.5 Å². The lowest BCUT2D eigenvalue weighted by Gasteiger charge is -2.19.